The van der Waals surface area contributed by atoms with E-state index in [0.29, 0.717) is 24.5 Å². The molecule has 2 heterocycles. The van der Waals surface area contributed by atoms with E-state index in [9.17, 15) is 0 Å². The van der Waals surface area contributed by atoms with Crippen LogP contribution in [0, 0.1) is 0 Å². The first-order chi connectivity index (χ1) is 17.6. The Morgan fingerprint density at radius 3 is 2.42 bits per heavy atom. The number of nitrogens with one attached hydrogen (secondary N) is 1. The van der Waals surface area contributed by atoms with Gasteiger partial charge in [0.15, 0.2) is 0 Å². The maximum absolute atomic E-state index is 5.73. The molecule has 2 aromatic heterocycles. The monoisotopic (exact) mass is 489 g/mol. The first-order valence-corrected chi connectivity index (χ1v) is 12.6. The van der Waals surface area contributed by atoms with Gasteiger partial charge in [-0.3, -0.25) is 0 Å². The van der Waals surface area contributed by atoms with Crippen LogP contribution in [0.15, 0.2) is 48.5 Å². The number of H-pyrrole nitrogens is 1. The molecular weight excluding hydrogens is 454 g/mol. The summed E-state index contributed by atoms with van der Waals surface area (Å²) in [6.07, 6.45) is 5.81. The largest absolute Gasteiger partial charge is 0.347 e. The number of rotatable bonds is 13. The molecule has 9 heteroatoms. The van der Waals surface area contributed by atoms with Gasteiger partial charge in [0, 0.05) is 39.2 Å². The SMILES string of the molecule is CCCCCCn1nc(C(CC)(OC)OC)nc1Cc1ccc(-c2ccccc2)c(-c2nn[nH]n2)c1. The van der Waals surface area contributed by atoms with Crippen LogP contribution in [0.2, 0.25) is 0 Å². The predicted octanol–water partition coefficient (Wildman–Crippen LogP) is 5.15. The fourth-order valence-corrected chi connectivity index (χ4v) is 4.46. The summed E-state index contributed by atoms with van der Waals surface area (Å²) in [4.78, 5) is 4.91. The van der Waals surface area contributed by atoms with Gasteiger partial charge in [-0.05, 0) is 34.4 Å². The fourth-order valence-electron chi connectivity index (χ4n) is 4.46. The van der Waals surface area contributed by atoms with Crippen molar-refractivity contribution >= 4 is 0 Å². The molecule has 36 heavy (non-hydrogen) atoms. The quantitative estimate of drug-likeness (QED) is 0.204. The maximum atomic E-state index is 5.73. The third kappa shape index (κ3) is 5.52. The number of ether oxygens (including phenoxy) is 2. The Morgan fingerprint density at radius 2 is 1.75 bits per heavy atom. The molecule has 0 amide bonds. The molecule has 0 aliphatic rings. The molecule has 0 saturated heterocycles. The zero-order chi connectivity index (χ0) is 25.4. The molecule has 0 radical (unpaired) electrons. The number of tetrazole rings is 1. The Kier molecular flexibility index (Phi) is 8.56. The summed E-state index contributed by atoms with van der Waals surface area (Å²) in [5, 5.41) is 19.7. The summed E-state index contributed by atoms with van der Waals surface area (Å²) in [7, 11) is 3.27. The number of hydrogen-bond acceptors (Lipinski definition) is 7. The first-order valence-electron chi connectivity index (χ1n) is 12.6. The Balaban J connectivity index is 1.71. The van der Waals surface area contributed by atoms with E-state index in [1.54, 1.807) is 14.2 Å². The van der Waals surface area contributed by atoms with Crippen LogP contribution < -0.4 is 0 Å². The first kappa shape index (κ1) is 25.7. The van der Waals surface area contributed by atoms with E-state index in [0.717, 1.165) is 47.5 Å². The topological polar surface area (TPSA) is 104 Å². The van der Waals surface area contributed by atoms with Gasteiger partial charge < -0.3 is 9.47 Å². The molecule has 2 aromatic carbocycles. The lowest BCUT2D eigenvalue weighted by molar-refractivity contribution is -0.222. The van der Waals surface area contributed by atoms with Crippen LogP contribution in [-0.4, -0.2) is 49.6 Å². The van der Waals surface area contributed by atoms with Gasteiger partial charge >= 0.3 is 0 Å². The predicted molar refractivity (Wildman–Crippen MR) is 138 cm³/mol. The summed E-state index contributed by atoms with van der Waals surface area (Å²) in [6, 6.07) is 16.6. The number of methoxy groups -OCH3 is 2. The standard InChI is InChI=1S/C27H35N7O2/c1-5-7-8-12-17-34-24(28-26(31-34)27(6-2,35-3)36-4)19-20-15-16-22(21-13-10-9-11-14-21)23(18-20)25-29-32-33-30-25/h9-11,13-16,18H,5-8,12,17,19H2,1-4H3,(H,29,30,32,33). The normalized spacial score (nSPS) is 11.8. The van der Waals surface area contributed by atoms with E-state index in [-0.39, 0.29) is 0 Å². The van der Waals surface area contributed by atoms with E-state index in [1.807, 2.05) is 29.8 Å². The zero-order valence-corrected chi connectivity index (χ0v) is 21.6. The van der Waals surface area contributed by atoms with Crippen molar-refractivity contribution in [1.82, 2.24) is 35.4 Å². The maximum Gasteiger partial charge on any atom is 0.231 e. The van der Waals surface area contributed by atoms with E-state index in [4.69, 9.17) is 19.6 Å². The van der Waals surface area contributed by atoms with E-state index < -0.39 is 5.79 Å². The lowest BCUT2D eigenvalue weighted by Gasteiger charge is -2.26. The van der Waals surface area contributed by atoms with Gasteiger partial charge in [0.1, 0.15) is 5.82 Å². The Hall–Kier alpha value is -3.43. The van der Waals surface area contributed by atoms with Crippen LogP contribution in [0.4, 0.5) is 0 Å². The number of benzene rings is 2. The summed E-state index contributed by atoms with van der Waals surface area (Å²) in [5.74, 6) is 1.03. The van der Waals surface area contributed by atoms with Gasteiger partial charge in [0.25, 0.3) is 0 Å². The summed E-state index contributed by atoms with van der Waals surface area (Å²) >= 11 is 0. The molecule has 0 atom stereocenters. The molecule has 0 bridgehead atoms. The van der Waals surface area contributed by atoms with Crippen LogP contribution >= 0.6 is 0 Å². The molecular formula is C27H35N7O2. The van der Waals surface area contributed by atoms with Gasteiger partial charge in [-0.15, -0.1) is 10.2 Å². The van der Waals surface area contributed by atoms with Crippen molar-refractivity contribution < 1.29 is 9.47 Å². The summed E-state index contributed by atoms with van der Waals surface area (Å²) < 4.78 is 13.5. The third-order valence-electron chi connectivity index (χ3n) is 6.55. The van der Waals surface area contributed by atoms with Crippen molar-refractivity contribution in [3.63, 3.8) is 0 Å². The number of unbranched alkanes of at least 4 members (excludes halogenated alkanes) is 3. The molecule has 0 fully saturated rings. The second-order valence-corrected chi connectivity index (χ2v) is 8.81. The number of aromatic amines is 1. The highest BCUT2D eigenvalue weighted by Crippen LogP contribution is 2.32. The second-order valence-electron chi connectivity index (χ2n) is 8.81. The van der Waals surface area contributed by atoms with Crippen molar-refractivity contribution in [3.8, 4) is 22.5 Å². The lowest BCUT2D eigenvalue weighted by atomic mass is 9.96. The van der Waals surface area contributed by atoms with Crippen molar-refractivity contribution in [1.29, 1.82) is 0 Å². The molecule has 1 N–H and O–H groups in total. The van der Waals surface area contributed by atoms with Crippen molar-refractivity contribution in [2.75, 3.05) is 14.2 Å². The highest BCUT2D eigenvalue weighted by Gasteiger charge is 2.35. The van der Waals surface area contributed by atoms with Gasteiger partial charge in [0.05, 0.1) is 0 Å². The van der Waals surface area contributed by atoms with Crippen molar-refractivity contribution in [3.05, 3.63) is 65.7 Å². The highest BCUT2D eigenvalue weighted by atomic mass is 16.7. The average molecular weight is 490 g/mol. The van der Waals surface area contributed by atoms with Crippen LogP contribution in [-0.2, 0) is 28.2 Å². The zero-order valence-electron chi connectivity index (χ0n) is 21.6. The smallest absolute Gasteiger partial charge is 0.231 e. The van der Waals surface area contributed by atoms with E-state index in [2.05, 4.69) is 57.9 Å². The van der Waals surface area contributed by atoms with Gasteiger partial charge in [0.2, 0.25) is 17.4 Å². The molecule has 0 aliphatic heterocycles. The molecule has 4 aromatic rings. The molecule has 0 unspecified atom stereocenters. The Bertz CT molecular complexity index is 1210. The molecule has 0 spiro atoms. The third-order valence-corrected chi connectivity index (χ3v) is 6.55. The lowest BCUT2D eigenvalue weighted by Crippen LogP contribution is -2.31. The van der Waals surface area contributed by atoms with Crippen molar-refractivity contribution in [2.24, 2.45) is 0 Å². The van der Waals surface area contributed by atoms with E-state index >= 15 is 0 Å². The molecule has 190 valence electrons. The number of nitrogens with zero attached hydrogens (tertiary/aromatic N) is 6. The van der Waals surface area contributed by atoms with Gasteiger partial charge in [-0.2, -0.15) is 10.3 Å². The van der Waals surface area contributed by atoms with Crippen LogP contribution in [0.25, 0.3) is 22.5 Å². The van der Waals surface area contributed by atoms with Crippen LogP contribution in [0.3, 0.4) is 0 Å². The second kappa shape index (κ2) is 12.0. The molecule has 0 saturated carbocycles. The number of hydrogen-bond donors (Lipinski definition) is 1. The van der Waals surface area contributed by atoms with Crippen LogP contribution in [0.5, 0.6) is 0 Å². The number of aryl methyl sites for hydroxylation is 1. The van der Waals surface area contributed by atoms with Gasteiger partial charge in [-0.1, -0.05) is 75.6 Å². The molecule has 4 rings (SSSR count). The van der Waals surface area contributed by atoms with Crippen LogP contribution in [0.1, 0.15) is 63.2 Å². The van der Waals surface area contributed by atoms with E-state index in [1.165, 1.54) is 12.8 Å². The number of aromatic nitrogens is 7. The van der Waals surface area contributed by atoms with Gasteiger partial charge in [-0.25, -0.2) is 9.67 Å². The summed E-state index contributed by atoms with van der Waals surface area (Å²) in [6.45, 7) is 5.02. The van der Waals surface area contributed by atoms with Crippen molar-refractivity contribution in [2.45, 2.75) is 64.7 Å². The molecule has 9 nitrogen and oxygen atoms in total. The minimum Gasteiger partial charge on any atom is -0.347 e. The fraction of sp³-hybridized carbons (Fsp3) is 0.444. The summed E-state index contributed by atoms with van der Waals surface area (Å²) in [5.41, 5.74) is 4.14. The highest BCUT2D eigenvalue weighted by molar-refractivity contribution is 5.80. The molecule has 0 aliphatic carbocycles. The average Bonchev–Trinajstić information content (AvgIpc) is 3.60. The minimum absolute atomic E-state index is 0.555. The minimum atomic E-state index is -0.962. The Morgan fingerprint density at radius 1 is 0.944 bits per heavy atom. The Labute approximate surface area is 212 Å².